The van der Waals surface area contributed by atoms with Crippen LogP contribution in [-0.4, -0.2) is 22.4 Å². The number of benzene rings is 2. The minimum absolute atomic E-state index is 0.144. The average Bonchev–Trinajstić information content (AvgIpc) is 2.65. The summed E-state index contributed by atoms with van der Waals surface area (Å²) in [6, 6.07) is 6.10. The van der Waals surface area contributed by atoms with E-state index in [1.807, 2.05) is 6.92 Å². The summed E-state index contributed by atoms with van der Waals surface area (Å²) in [5.74, 6) is -4.70. The average molecular weight is 446 g/mol. The van der Waals surface area contributed by atoms with Crippen molar-refractivity contribution in [2.75, 3.05) is 5.32 Å². The van der Waals surface area contributed by atoms with Crippen molar-refractivity contribution in [1.82, 2.24) is 0 Å². The molecule has 3 unspecified atom stereocenters. The van der Waals surface area contributed by atoms with Crippen LogP contribution in [0.4, 0.5) is 18.9 Å². The molecule has 0 spiro atoms. The van der Waals surface area contributed by atoms with Crippen LogP contribution in [0, 0.1) is 23.4 Å². The first-order chi connectivity index (χ1) is 13.6. The van der Waals surface area contributed by atoms with Crippen molar-refractivity contribution in [3.8, 4) is 0 Å². The zero-order valence-corrected chi connectivity index (χ0v) is 17.9. The first kappa shape index (κ1) is 23.6. The summed E-state index contributed by atoms with van der Waals surface area (Å²) in [4.78, 5) is 13.2. The van der Waals surface area contributed by atoms with Crippen LogP contribution in [0.5, 0.6) is 0 Å². The summed E-state index contributed by atoms with van der Waals surface area (Å²) in [5.41, 5.74) is 0.0599. The minimum Gasteiger partial charge on any atom is -0.393 e. The molecule has 2 aromatic rings. The largest absolute Gasteiger partial charge is 0.393 e. The van der Waals surface area contributed by atoms with Crippen LogP contribution in [0.15, 0.2) is 35.2 Å². The number of thioether (sulfide) groups is 1. The second kappa shape index (κ2) is 10.4. The number of rotatable bonds is 8. The monoisotopic (exact) mass is 445 g/mol. The predicted molar refractivity (Wildman–Crippen MR) is 111 cm³/mol. The van der Waals surface area contributed by atoms with E-state index in [0.29, 0.717) is 28.5 Å². The van der Waals surface area contributed by atoms with E-state index in [0.717, 1.165) is 6.42 Å². The van der Waals surface area contributed by atoms with Gasteiger partial charge in [0, 0.05) is 33.5 Å². The van der Waals surface area contributed by atoms with E-state index in [1.165, 1.54) is 17.8 Å². The molecule has 2 N–H and O–H groups in total. The zero-order chi connectivity index (χ0) is 21.7. The zero-order valence-electron chi connectivity index (χ0n) is 16.3. The highest BCUT2D eigenvalue weighted by Crippen LogP contribution is 2.36. The van der Waals surface area contributed by atoms with E-state index < -0.39 is 29.5 Å². The molecule has 29 heavy (non-hydrogen) atoms. The molecule has 0 radical (unpaired) electrons. The molecule has 0 aliphatic carbocycles. The smallest absolute Gasteiger partial charge is 0.255 e. The number of hydrogen-bond acceptors (Lipinski definition) is 3. The highest BCUT2D eigenvalue weighted by molar-refractivity contribution is 8.00. The third-order valence-corrected chi connectivity index (χ3v) is 6.37. The number of aliphatic hydroxyl groups excluding tert-OH is 1. The molecule has 0 saturated heterocycles. The summed E-state index contributed by atoms with van der Waals surface area (Å²) < 4.78 is 39.8. The highest BCUT2D eigenvalue weighted by atomic mass is 35.5. The van der Waals surface area contributed by atoms with E-state index in [2.05, 4.69) is 12.2 Å². The van der Waals surface area contributed by atoms with Crippen LogP contribution in [0.25, 0.3) is 0 Å². The van der Waals surface area contributed by atoms with Crippen LogP contribution < -0.4 is 5.32 Å². The number of nitrogens with one attached hydrogen (secondary N) is 1. The predicted octanol–water partition coefficient (Wildman–Crippen LogP) is 6.29. The molecule has 3 nitrogen and oxygen atoms in total. The Bertz CT molecular complexity index is 856. The number of hydrogen-bond donors (Lipinski definition) is 2. The van der Waals surface area contributed by atoms with E-state index in [-0.39, 0.29) is 22.4 Å². The fourth-order valence-corrected chi connectivity index (χ4v) is 4.51. The maximum Gasteiger partial charge on any atom is 0.255 e. The SMILES string of the molecule is CCC(CC(C)O)C(C)Sc1cc(C(=O)Nc2cc(F)c(F)c(F)c2)ccc1Cl. The van der Waals surface area contributed by atoms with E-state index in [4.69, 9.17) is 11.6 Å². The summed E-state index contributed by atoms with van der Waals surface area (Å²) in [6.45, 7) is 5.84. The minimum atomic E-state index is -1.59. The molecule has 8 heteroatoms. The van der Waals surface area contributed by atoms with Crippen LogP contribution in [0.2, 0.25) is 5.02 Å². The third-order valence-electron chi connectivity index (χ3n) is 4.58. The van der Waals surface area contributed by atoms with Crippen LogP contribution >= 0.6 is 23.4 Å². The summed E-state index contributed by atoms with van der Waals surface area (Å²) in [7, 11) is 0. The second-order valence-electron chi connectivity index (χ2n) is 6.93. The lowest BCUT2D eigenvalue weighted by atomic mass is 9.96. The van der Waals surface area contributed by atoms with Crippen LogP contribution in [-0.2, 0) is 0 Å². The lowest BCUT2D eigenvalue weighted by Crippen LogP contribution is -2.18. The van der Waals surface area contributed by atoms with Crippen molar-refractivity contribution in [2.45, 2.75) is 49.9 Å². The molecular formula is C21H23ClF3NO2S. The van der Waals surface area contributed by atoms with Crippen molar-refractivity contribution in [3.05, 3.63) is 58.4 Å². The molecule has 1 amide bonds. The molecule has 0 heterocycles. The number of aliphatic hydroxyl groups is 1. The molecule has 2 aromatic carbocycles. The first-order valence-electron chi connectivity index (χ1n) is 9.22. The van der Waals surface area contributed by atoms with Crippen molar-refractivity contribution in [3.63, 3.8) is 0 Å². The number of amides is 1. The number of carbonyl (C=O) groups is 1. The van der Waals surface area contributed by atoms with Crippen molar-refractivity contribution >= 4 is 35.0 Å². The van der Waals surface area contributed by atoms with Gasteiger partial charge in [0.05, 0.1) is 11.1 Å². The van der Waals surface area contributed by atoms with Gasteiger partial charge < -0.3 is 10.4 Å². The molecule has 0 aromatic heterocycles. The molecule has 0 aliphatic rings. The van der Waals surface area contributed by atoms with Gasteiger partial charge in [-0.05, 0) is 37.5 Å². The quantitative estimate of drug-likeness (QED) is 0.371. The Morgan fingerprint density at radius 2 is 1.79 bits per heavy atom. The molecule has 158 valence electrons. The number of halogens is 4. The maximum absolute atomic E-state index is 13.3. The van der Waals surface area contributed by atoms with Gasteiger partial charge in [-0.25, -0.2) is 13.2 Å². The maximum atomic E-state index is 13.3. The van der Waals surface area contributed by atoms with E-state index in [1.54, 1.807) is 19.1 Å². The van der Waals surface area contributed by atoms with Gasteiger partial charge in [0.2, 0.25) is 0 Å². The van der Waals surface area contributed by atoms with Gasteiger partial charge >= 0.3 is 0 Å². The Balaban J connectivity index is 2.18. The Morgan fingerprint density at radius 1 is 1.17 bits per heavy atom. The molecule has 0 fully saturated rings. The highest BCUT2D eigenvalue weighted by Gasteiger charge is 2.21. The van der Waals surface area contributed by atoms with Gasteiger partial charge in [-0.2, -0.15) is 0 Å². The molecule has 2 rings (SSSR count). The molecular weight excluding hydrogens is 423 g/mol. The van der Waals surface area contributed by atoms with Gasteiger partial charge in [0.25, 0.3) is 5.91 Å². The van der Waals surface area contributed by atoms with Gasteiger partial charge in [-0.15, -0.1) is 11.8 Å². The first-order valence-corrected chi connectivity index (χ1v) is 10.5. The summed E-state index contributed by atoms with van der Waals surface area (Å²) >= 11 is 7.77. The van der Waals surface area contributed by atoms with Crippen LogP contribution in [0.3, 0.4) is 0 Å². The van der Waals surface area contributed by atoms with Gasteiger partial charge in [-0.1, -0.05) is 31.9 Å². The summed E-state index contributed by atoms with van der Waals surface area (Å²) in [5, 5.41) is 12.6. The third kappa shape index (κ3) is 6.39. The molecule has 3 atom stereocenters. The fraction of sp³-hybridized carbons (Fsp3) is 0.381. The molecule has 0 bridgehead atoms. The normalized spacial score (nSPS) is 14.3. The standard InChI is InChI=1S/C21H23ClF3NO2S/c1-4-13(7-11(2)27)12(3)29-19-8-14(5-6-16(19)22)21(28)26-15-9-17(23)20(25)18(24)10-15/h5-6,8-13,27H,4,7H2,1-3H3,(H,26,28). The van der Waals surface area contributed by atoms with Gasteiger partial charge in [-0.3, -0.25) is 4.79 Å². The number of anilines is 1. The second-order valence-corrected chi connectivity index (χ2v) is 8.76. The molecule has 0 saturated carbocycles. The lowest BCUT2D eigenvalue weighted by molar-refractivity contribution is 0.102. The Labute approximate surface area is 177 Å². The summed E-state index contributed by atoms with van der Waals surface area (Å²) in [6.07, 6.45) is 1.13. The van der Waals surface area contributed by atoms with Crippen molar-refractivity contribution < 1.29 is 23.1 Å². The van der Waals surface area contributed by atoms with Gasteiger partial charge in [0.15, 0.2) is 17.5 Å². The van der Waals surface area contributed by atoms with E-state index >= 15 is 0 Å². The Hall–Kier alpha value is -1.70. The Kier molecular flexibility index (Phi) is 8.43. The topological polar surface area (TPSA) is 49.3 Å². The lowest BCUT2D eigenvalue weighted by Gasteiger charge is -2.24. The number of carbonyl (C=O) groups excluding carboxylic acids is 1. The van der Waals surface area contributed by atoms with Crippen molar-refractivity contribution in [2.24, 2.45) is 5.92 Å². The van der Waals surface area contributed by atoms with Crippen LogP contribution in [0.1, 0.15) is 44.0 Å². The molecule has 0 aliphatic heterocycles. The van der Waals surface area contributed by atoms with Crippen molar-refractivity contribution in [1.29, 1.82) is 0 Å². The fourth-order valence-electron chi connectivity index (χ4n) is 2.99. The van der Waals surface area contributed by atoms with Gasteiger partial charge in [0.1, 0.15) is 0 Å². The van der Waals surface area contributed by atoms with E-state index in [9.17, 15) is 23.1 Å². The Morgan fingerprint density at radius 3 is 2.34 bits per heavy atom.